The highest BCUT2D eigenvalue weighted by Gasteiger charge is 2.19. The average molecular weight is 350 g/mol. The molecule has 0 fully saturated rings. The highest BCUT2D eigenvalue weighted by Crippen LogP contribution is 2.31. The lowest BCUT2D eigenvalue weighted by molar-refractivity contribution is 0.0636. The van der Waals surface area contributed by atoms with Gasteiger partial charge in [-0.25, -0.2) is 18.0 Å². The van der Waals surface area contributed by atoms with E-state index in [0.717, 1.165) is 0 Å². The van der Waals surface area contributed by atoms with Crippen LogP contribution in [-0.4, -0.2) is 16.7 Å². The summed E-state index contributed by atoms with van der Waals surface area (Å²) in [6.45, 7) is 8.62. The standard InChI is InChI=1S/C18H17F3N2O2/c1-5-15-12(16-13(20)6-10(19)7-14(16)21)8-11(9-22-15)23-17(24)25-18(2,3)4/h5-9H,1H2,2-4H3,(H,23,24). The molecule has 0 aliphatic heterocycles. The number of ether oxygens (including phenoxy) is 1. The maximum absolute atomic E-state index is 14.1. The first-order valence-electron chi connectivity index (χ1n) is 7.38. The van der Waals surface area contributed by atoms with Crippen LogP contribution in [0.4, 0.5) is 23.7 Å². The largest absolute Gasteiger partial charge is 0.444 e. The molecule has 4 nitrogen and oxygen atoms in total. The molecule has 1 heterocycles. The molecule has 2 aromatic rings. The number of aromatic nitrogens is 1. The maximum Gasteiger partial charge on any atom is 0.412 e. The topological polar surface area (TPSA) is 51.2 Å². The van der Waals surface area contributed by atoms with E-state index >= 15 is 0 Å². The smallest absolute Gasteiger partial charge is 0.412 e. The summed E-state index contributed by atoms with van der Waals surface area (Å²) < 4.78 is 46.4. The molecule has 0 aliphatic rings. The summed E-state index contributed by atoms with van der Waals surface area (Å²) in [5, 5.41) is 2.43. The zero-order chi connectivity index (χ0) is 18.8. The second-order valence-corrected chi connectivity index (χ2v) is 6.23. The van der Waals surface area contributed by atoms with E-state index in [4.69, 9.17) is 4.74 Å². The van der Waals surface area contributed by atoms with Gasteiger partial charge in [-0.1, -0.05) is 6.58 Å². The van der Waals surface area contributed by atoms with Crippen LogP contribution in [0.3, 0.4) is 0 Å². The summed E-state index contributed by atoms with van der Waals surface area (Å²) in [7, 11) is 0. The van der Waals surface area contributed by atoms with E-state index in [2.05, 4.69) is 16.9 Å². The lowest BCUT2D eigenvalue weighted by Crippen LogP contribution is -2.27. The molecule has 7 heteroatoms. The third-order valence-corrected chi connectivity index (χ3v) is 3.03. The maximum atomic E-state index is 14.1. The molecular formula is C18H17F3N2O2. The van der Waals surface area contributed by atoms with Crippen LogP contribution in [0.5, 0.6) is 0 Å². The fourth-order valence-electron chi connectivity index (χ4n) is 2.13. The van der Waals surface area contributed by atoms with Crippen molar-refractivity contribution in [3.63, 3.8) is 0 Å². The Labute approximate surface area is 143 Å². The summed E-state index contributed by atoms with van der Waals surface area (Å²) in [4.78, 5) is 15.8. The third-order valence-electron chi connectivity index (χ3n) is 3.03. The van der Waals surface area contributed by atoms with Crippen molar-refractivity contribution >= 4 is 17.9 Å². The fraction of sp³-hybridized carbons (Fsp3) is 0.222. The summed E-state index contributed by atoms with van der Waals surface area (Å²) in [6, 6.07) is 2.45. The van der Waals surface area contributed by atoms with Gasteiger partial charge in [0.1, 0.15) is 23.1 Å². The monoisotopic (exact) mass is 350 g/mol. The van der Waals surface area contributed by atoms with E-state index in [0.29, 0.717) is 12.1 Å². The lowest BCUT2D eigenvalue weighted by atomic mass is 10.0. The lowest BCUT2D eigenvalue weighted by Gasteiger charge is -2.20. The van der Waals surface area contributed by atoms with Crippen LogP contribution in [0.1, 0.15) is 26.5 Å². The summed E-state index contributed by atoms with van der Waals surface area (Å²) in [6.07, 6.45) is 1.85. The molecule has 0 saturated carbocycles. The molecule has 0 aliphatic carbocycles. The normalized spacial score (nSPS) is 11.1. The van der Waals surface area contributed by atoms with Crippen molar-refractivity contribution in [3.05, 3.63) is 54.1 Å². The molecule has 0 saturated heterocycles. The van der Waals surface area contributed by atoms with Gasteiger partial charge < -0.3 is 4.74 Å². The van der Waals surface area contributed by atoms with Crippen LogP contribution in [0.2, 0.25) is 0 Å². The number of rotatable bonds is 3. The zero-order valence-corrected chi connectivity index (χ0v) is 14.0. The van der Waals surface area contributed by atoms with E-state index in [9.17, 15) is 18.0 Å². The van der Waals surface area contributed by atoms with Crippen LogP contribution < -0.4 is 5.32 Å². The van der Waals surface area contributed by atoms with Gasteiger partial charge in [0.25, 0.3) is 0 Å². The molecule has 0 radical (unpaired) electrons. The van der Waals surface area contributed by atoms with Crippen LogP contribution >= 0.6 is 0 Å². The summed E-state index contributed by atoms with van der Waals surface area (Å²) >= 11 is 0. The highest BCUT2D eigenvalue weighted by atomic mass is 19.1. The molecule has 0 atom stereocenters. The fourth-order valence-corrected chi connectivity index (χ4v) is 2.13. The van der Waals surface area contributed by atoms with Gasteiger partial charge >= 0.3 is 6.09 Å². The number of anilines is 1. The Kier molecular flexibility index (Phi) is 5.15. The van der Waals surface area contributed by atoms with Crippen molar-refractivity contribution in [2.24, 2.45) is 0 Å². The first kappa shape index (κ1) is 18.5. The van der Waals surface area contributed by atoms with Crippen LogP contribution in [0.25, 0.3) is 17.2 Å². The molecular weight excluding hydrogens is 333 g/mol. The highest BCUT2D eigenvalue weighted by molar-refractivity contribution is 5.87. The van der Waals surface area contributed by atoms with Crippen molar-refractivity contribution in [3.8, 4) is 11.1 Å². The molecule has 25 heavy (non-hydrogen) atoms. The number of benzene rings is 1. The SMILES string of the molecule is C=Cc1ncc(NC(=O)OC(C)(C)C)cc1-c1c(F)cc(F)cc1F. The second kappa shape index (κ2) is 6.96. The van der Waals surface area contributed by atoms with Gasteiger partial charge in [-0.15, -0.1) is 0 Å². The minimum atomic E-state index is -1.09. The Balaban J connectivity index is 2.45. The number of carbonyl (C=O) groups is 1. The predicted octanol–water partition coefficient (Wildman–Crippen LogP) is 5.16. The number of nitrogens with zero attached hydrogens (tertiary/aromatic N) is 1. The van der Waals surface area contributed by atoms with Crippen molar-refractivity contribution in [1.29, 1.82) is 0 Å². The van der Waals surface area contributed by atoms with Crippen molar-refractivity contribution in [2.75, 3.05) is 5.32 Å². The van der Waals surface area contributed by atoms with Gasteiger partial charge in [-0.3, -0.25) is 10.3 Å². The molecule has 1 aromatic heterocycles. The first-order chi connectivity index (χ1) is 11.6. The van der Waals surface area contributed by atoms with E-state index in [1.54, 1.807) is 20.8 Å². The number of pyridine rings is 1. The molecule has 0 bridgehead atoms. The van der Waals surface area contributed by atoms with Gasteiger partial charge in [0.05, 0.1) is 23.1 Å². The van der Waals surface area contributed by atoms with Gasteiger partial charge in [0.15, 0.2) is 0 Å². The number of hydrogen-bond donors (Lipinski definition) is 1. The van der Waals surface area contributed by atoms with Gasteiger partial charge in [-0.05, 0) is 32.9 Å². The number of halogens is 3. The number of carbonyl (C=O) groups excluding carboxylic acids is 1. The quantitative estimate of drug-likeness (QED) is 0.832. The molecule has 1 N–H and O–H groups in total. The molecule has 0 spiro atoms. The minimum Gasteiger partial charge on any atom is -0.444 e. The second-order valence-electron chi connectivity index (χ2n) is 6.23. The Morgan fingerprint density at radius 1 is 1.20 bits per heavy atom. The molecule has 1 amide bonds. The van der Waals surface area contributed by atoms with E-state index in [1.165, 1.54) is 18.3 Å². The number of nitrogens with one attached hydrogen (secondary N) is 1. The summed E-state index contributed by atoms with van der Waals surface area (Å²) in [5.74, 6) is -3.21. The number of amides is 1. The van der Waals surface area contributed by atoms with E-state index in [-0.39, 0.29) is 16.9 Å². The van der Waals surface area contributed by atoms with E-state index in [1.807, 2.05) is 0 Å². The average Bonchev–Trinajstić information content (AvgIpc) is 2.44. The van der Waals surface area contributed by atoms with Gasteiger partial charge in [0.2, 0.25) is 0 Å². The Morgan fingerprint density at radius 3 is 2.32 bits per heavy atom. The molecule has 1 aromatic carbocycles. The van der Waals surface area contributed by atoms with Gasteiger partial charge in [-0.2, -0.15) is 0 Å². The third kappa shape index (κ3) is 4.59. The van der Waals surface area contributed by atoms with Crippen LogP contribution in [-0.2, 0) is 4.74 Å². The predicted molar refractivity (Wildman–Crippen MR) is 89.5 cm³/mol. The Hall–Kier alpha value is -2.83. The van der Waals surface area contributed by atoms with Crippen LogP contribution in [0.15, 0.2) is 31.0 Å². The van der Waals surface area contributed by atoms with E-state index < -0.39 is 34.7 Å². The minimum absolute atomic E-state index is 0.0264. The Bertz CT molecular complexity index is 807. The van der Waals surface area contributed by atoms with Crippen molar-refractivity contribution < 1.29 is 22.7 Å². The summed E-state index contributed by atoms with van der Waals surface area (Å²) in [5.41, 5.74) is -0.802. The first-order valence-corrected chi connectivity index (χ1v) is 7.38. The van der Waals surface area contributed by atoms with Gasteiger partial charge in [0, 0.05) is 17.7 Å². The zero-order valence-electron chi connectivity index (χ0n) is 14.0. The van der Waals surface area contributed by atoms with Crippen molar-refractivity contribution in [2.45, 2.75) is 26.4 Å². The number of hydrogen-bond acceptors (Lipinski definition) is 3. The molecule has 0 unspecified atom stereocenters. The van der Waals surface area contributed by atoms with Crippen molar-refractivity contribution in [1.82, 2.24) is 4.98 Å². The Morgan fingerprint density at radius 2 is 1.80 bits per heavy atom. The van der Waals surface area contributed by atoms with Crippen LogP contribution in [0, 0.1) is 17.5 Å². The molecule has 132 valence electrons. The molecule has 2 rings (SSSR count).